The maximum atomic E-state index is 4.63. The average Bonchev–Trinajstić information content (AvgIpc) is 2.44. The number of rotatable bonds is 4. The molecule has 0 saturated carbocycles. The topological polar surface area (TPSA) is 28.0 Å². The maximum Gasteiger partial charge on any atom is 0.0961 e. The van der Waals surface area contributed by atoms with Gasteiger partial charge in [0.15, 0.2) is 0 Å². The van der Waals surface area contributed by atoms with Crippen LogP contribution in [0.25, 0.3) is 0 Å². The lowest BCUT2D eigenvalue weighted by Crippen LogP contribution is -2.13. The zero-order valence-electron chi connectivity index (χ0n) is 15.8. The van der Waals surface area contributed by atoms with Gasteiger partial charge in [-0.2, -0.15) is 0 Å². The molecule has 0 spiro atoms. The summed E-state index contributed by atoms with van der Waals surface area (Å²) in [4.78, 5) is 11.1. The third-order valence-electron chi connectivity index (χ3n) is 4.01. The smallest absolute Gasteiger partial charge is 0.0961 e. The van der Waals surface area contributed by atoms with Crippen LogP contribution in [-0.2, 0) is 0 Å². The van der Waals surface area contributed by atoms with E-state index in [2.05, 4.69) is 75.8 Å². The average molecular weight is 321 g/mol. The van der Waals surface area contributed by atoms with Crippen molar-refractivity contribution in [1.82, 2.24) is 4.90 Å². The van der Waals surface area contributed by atoms with E-state index in [0.717, 1.165) is 11.4 Å². The van der Waals surface area contributed by atoms with Crippen LogP contribution in [0.2, 0.25) is 0 Å². The fraction of sp³-hybridized carbons (Fsp3) is 0.333. The van der Waals surface area contributed by atoms with Crippen molar-refractivity contribution < 1.29 is 0 Å². The summed E-state index contributed by atoms with van der Waals surface area (Å²) in [5.41, 5.74) is 9.37. The molecule has 24 heavy (non-hydrogen) atoms. The van der Waals surface area contributed by atoms with Crippen molar-refractivity contribution in [1.29, 1.82) is 0 Å². The van der Waals surface area contributed by atoms with E-state index in [4.69, 9.17) is 0 Å². The molecule has 3 heteroatoms. The molecule has 0 aliphatic rings. The van der Waals surface area contributed by atoms with Gasteiger partial charge in [0.05, 0.1) is 24.1 Å². The molecule has 3 nitrogen and oxygen atoms in total. The van der Waals surface area contributed by atoms with Crippen LogP contribution in [-0.4, -0.2) is 24.6 Å². The minimum atomic E-state index is 1.03. The lowest BCUT2D eigenvalue weighted by atomic mass is 10.1. The molecule has 0 fully saturated rings. The fourth-order valence-electron chi connectivity index (χ4n) is 3.08. The van der Waals surface area contributed by atoms with Crippen molar-refractivity contribution in [2.75, 3.05) is 7.05 Å². The second-order valence-electron chi connectivity index (χ2n) is 6.65. The summed E-state index contributed by atoms with van der Waals surface area (Å²) in [5, 5.41) is 0. The zero-order chi connectivity index (χ0) is 17.9. The van der Waals surface area contributed by atoms with Gasteiger partial charge in [0, 0.05) is 7.05 Å². The number of hydrogen-bond acceptors (Lipinski definition) is 2. The van der Waals surface area contributed by atoms with E-state index in [-0.39, 0.29) is 0 Å². The molecule has 0 aliphatic heterocycles. The Kier molecular flexibility index (Phi) is 5.55. The Morgan fingerprint density at radius 2 is 0.917 bits per heavy atom. The number of aryl methyl sites for hydroxylation is 6. The first-order valence-corrected chi connectivity index (χ1v) is 8.24. The minimum Gasteiger partial charge on any atom is -0.326 e. The molecule has 2 aromatic carbocycles. The minimum absolute atomic E-state index is 1.03. The molecule has 0 saturated heterocycles. The van der Waals surface area contributed by atoms with Crippen LogP contribution in [0.1, 0.15) is 33.4 Å². The van der Waals surface area contributed by atoms with E-state index in [1.807, 2.05) is 24.6 Å². The molecule has 2 aromatic rings. The summed E-state index contributed by atoms with van der Waals surface area (Å²) in [5.74, 6) is 0. The second kappa shape index (κ2) is 7.43. The van der Waals surface area contributed by atoms with E-state index < -0.39 is 0 Å². The summed E-state index contributed by atoms with van der Waals surface area (Å²) >= 11 is 0. The Labute approximate surface area is 145 Å². The molecule has 0 aliphatic carbocycles. The van der Waals surface area contributed by atoms with Crippen molar-refractivity contribution in [3.8, 4) is 0 Å². The molecular weight excluding hydrogens is 294 g/mol. The molecule has 0 bridgehead atoms. The third-order valence-corrected chi connectivity index (χ3v) is 4.01. The predicted molar refractivity (Wildman–Crippen MR) is 105 cm³/mol. The second-order valence-corrected chi connectivity index (χ2v) is 6.65. The van der Waals surface area contributed by atoms with Crippen LogP contribution in [0.5, 0.6) is 0 Å². The van der Waals surface area contributed by atoms with Gasteiger partial charge in [0.25, 0.3) is 0 Å². The van der Waals surface area contributed by atoms with Crippen molar-refractivity contribution >= 4 is 24.1 Å². The SMILES string of the molecule is Cc1cc(C)c(/N=C/N(C)/C=N/c2c(C)cc(C)cc2C)c(C)c1. The van der Waals surface area contributed by atoms with Crippen molar-refractivity contribution in [2.24, 2.45) is 9.98 Å². The van der Waals surface area contributed by atoms with Gasteiger partial charge < -0.3 is 4.90 Å². The molecule has 0 N–H and O–H groups in total. The van der Waals surface area contributed by atoms with Crippen LogP contribution >= 0.6 is 0 Å². The zero-order valence-corrected chi connectivity index (χ0v) is 15.8. The van der Waals surface area contributed by atoms with Crippen LogP contribution in [0.15, 0.2) is 34.3 Å². The number of hydrogen-bond donors (Lipinski definition) is 0. The van der Waals surface area contributed by atoms with Gasteiger partial charge in [-0.15, -0.1) is 0 Å². The maximum absolute atomic E-state index is 4.63. The molecule has 126 valence electrons. The lowest BCUT2D eigenvalue weighted by Gasteiger charge is -2.10. The molecule has 0 aromatic heterocycles. The highest BCUT2D eigenvalue weighted by Gasteiger charge is 2.03. The normalized spacial score (nSPS) is 11.6. The van der Waals surface area contributed by atoms with Crippen LogP contribution in [0.3, 0.4) is 0 Å². The molecule has 0 unspecified atom stereocenters. The van der Waals surface area contributed by atoms with Crippen molar-refractivity contribution in [3.05, 3.63) is 57.6 Å². The van der Waals surface area contributed by atoms with Gasteiger partial charge >= 0.3 is 0 Å². The molecule has 2 rings (SSSR count). The standard InChI is InChI=1S/C21H27N3/c1-14-8-16(3)20(17(4)9-14)22-12-24(7)13-23-21-18(5)10-15(2)11-19(21)6/h8-13H,1-7H3/b22-12+,23-13+. The van der Waals surface area contributed by atoms with Crippen LogP contribution < -0.4 is 0 Å². The number of nitrogens with zero attached hydrogens (tertiary/aromatic N) is 3. The van der Waals surface area contributed by atoms with E-state index in [1.54, 1.807) is 0 Å². The summed E-state index contributed by atoms with van der Waals surface area (Å²) in [7, 11) is 1.95. The molecular formula is C21H27N3. The monoisotopic (exact) mass is 321 g/mol. The third kappa shape index (κ3) is 4.31. The quantitative estimate of drug-likeness (QED) is 0.540. The van der Waals surface area contributed by atoms with E-state index >= 15 is 0 Å². The Balaban J connectivity index is 2.18. The molecule has 0 amide bonds. The number of benzene rings is 2. The number of aliphatic imine (C=N–C) groups is 2. The molecule has 0 radical (unpaired) electrons. The van der Waals surface area contributed by atoms with Gasteiger partial charge in [0.1, 0.15) is 0 Å². The molecule has 0 heterocycles. The summed E-state index contributed by atoms with van der Waals surface area (Å²) in [6, 6.07) is 8.64. The predicted octanol–water partition coefficient (Wildman–Crippen LogP) is 5.49. The summed E-state index contributed by atoms with van der Waals surface area (Å²) < 4.78 is 0. The van der Waals surface area contributed by atoms with Crippen molar-refractivity contribution in [2.45, 2.75) is 41.5 Å². The van der Waals surface area contributed by atoms with Gasteiger partial charge in [-0.1, -0.05) is 35.4 Å². The first-order valence-electron chi connectivity index (χ1n) is 8.24. The van der Waals surface area contributed by atoms with Gasteiger partial charge in [-0.3, -0.25) is 0 Å². The van der Waals surface area contributed by atoms with E-state index in [9.17, 15) is 0 Å². The largest absolute Gasteiger partial charge is 0.326 e. The fourth-order valence-corrected chi connectivity index (χ4v) is 3.08. The van der Waals surface area contributed by atoms with Gasteiger partial charge in [-0.05, 0) is 63.8 Å². The highest BCUT2D eigenvalue weighted by molar-refractivity contribution is 5.79. The Bertz CT molecular complexity index is 687. The summed E-state index contributed by atoms with van der Waals surface area (Å²) in [6.07, 6.45) is 3.63. The lowest BCUT2D eigenvalue weighted by molar-refractivity contribution is 0.801. The van der Waals surface area contributed by atoms with Crippen LogP contribution in [0.4, 0.5) is 11.4 Å². The van der Waals surface area contributed by atoms with Gasteiger partial charge in [0.2, 0.25) is 0 Å². The van der Waals surface area contributed by atoms with E-state index in [1.165, 1.54) is 33.4 Å². The van der Waals surface area contributed by atoms with Crippen molar-refractivity contribution in [3.63, 3.8) is 0 Å². The Morgan fingerprint density at radius 3 is 1.21 bits per heavy atom. The first-order chi connectivity index (χ1) is 11.3. The Hall–Kier alpha value is -2.42. The highest BCUT2D eigenvalue weighted by atomic mass is 15.1. The van der Waals surface area contributed by atoms with Crippen LogP contribution in [0, 0.1) is 41.5 Å². The first kappa shape index (κ1) is 17.9. The Morgan fingerprint density at radius 1 is 0.625 bits per heavy atom. The van der Waals surface area contributed by atoms with E-state index in [0.29, 0.717) is 0 Å². The molecule has 0 atom stereocenters. The summed E-state index contributed by atoms with van der Waals surface area (Å²) in [6.45, 7) is 12.6. The van der Waals surface area contributed by atoms with Gasteiger partial charge in [-0.25, -0.2) is 9.98 Å². The highest BCUT2D eigenvalue weighted by Crippen LogP contribution is 2.25.